The molecule has 3 rings (SSSR count). The van der Waals surface area contributed by atoms with Crippen molar-refractivity contribution in [2.75, 3.05) is 25.6 Å². The average molecular weight is 543 g/mol. The summed E-state index contributed by atoms with van der Waals surface area (Å²) in [4.78, 5) is 26.8. The first kappa shape index (κ1) is 30.3. The van der Waals surface area contributed by atoms with Crippen LogP contribution in [0.15, 0.2) is 36.4 Å². The number of methoxy groups -OCH3 is 1. The maximum Gasteiger partial charge on any atom is 0.410 e. The summed E-state index contributed by atoms with van der Waals surface area (Å²) in [6.45, 7) is 10.2. The predicted octanol–water partition coefficient (Wildman–Crippen LogP) is 6.52. The molecule has 39 heavy (non-hydrogen) atoms. The van der Waals surface area contributed by atoms with Crippen molar-refractivity contribution in [3.63, 3.8) is 0 Å². The molecule has 0 bridgehead atoms. The number of nitrogens with zero attached hydrogens (tertiary/aromatic N) is 1. The average Bonchev–Trinajstić information content (AvgIpc) is 2.87. The Kier molecular flexibility index (Phi) is 10.6. The molecule has 0 radical (unpaired) electrons. The molecule has 0 saturated carbocycles. The Morgan fingerprint density at radius 1 is 1.18 bits per heavy atom. The molecule has 8 heteroatoms. The minimum atomic E-state index is -0.640. The summed E-state index contributed by atoms with van der Waals surface area (Å²) in [5.41, 5.74) is 1.81. The molecule has 7 nitrogen and oxygen atoms in total. The molecule has 0 unspecified atom stereocenters. The fourth-order valence-corrected chi connectivity index (χ4v) is 4.73. The summed E-state index contributed by atoms with van der Waals surface area (Å²) >= 11 is 0. The van der Waals surface area contributed by atoms with E-state index in [1.165, 1.54) is 7.11 Å². The number of carbonyl (C=O) groups is 2. The van der Waals surface area contributed by atoms with Gasteiger partial charge in [-0.05, 0) is 62.3 Å². The van der Waals surface area contributed by atoms with E-state index in [2.05, 4.69) is 19.2 Å². The standard InChI is InChI=1S/C31H43FN2O5/c1-21(2)11-10-14-24-18-25-23(20-34(24)30(36)39-31(3,4)5)17-26(29(28(25)32)33-19-27(35)37-6)38-16-15-22-12-8-7-9-13-22/h7-9,12-13,17,21,24,33H,10-11,14-16,18-20H2,1-6H3/t24-/m0/s1. The molecule has 0 spiro atoms. The van der Waals surface area contributed by atoms with Crippen LogP contribution in [0.4, 0.5) is 14.9 Å². The largest absolute Gasteiger partial charge is 0.491 e. The summed E-state index contributed by atoms with van der Waals surface area (Å²) in [5, 5.41) is 2.89. The van der Waals surface area contributed by atoms with Gasteiger partial charge >= 0.3 is 12.1 Å². The lowest BCUT2D eigenvalue weighted by molar-refractivity contribution is -0.138. The van der Waals surface area contributed by atoms with Gasteiger partial charge in [0.1, 0.15) is 23.6 Å². The first-order valence-electron chi connectivity index (χ1n) is 13.8. The zero-order chi connectivity index (χ0) is 28.6. The Labute approximate surface area is 232 Å². The minimum Gasteiger partial charge on any atom is -0.491 e. The lowest BCUT2D eigenvalue weighted by Crippen LogP contribution is -2.46. The van der Waals surface area contributed by atoms with Gasteiger partial charge in [-0.15, -0.1) is 0 Å². The molecule has 2 aromatic rings. The van der Waals surface area contributed by atoms with E-state index in [1.54, 1.807) is 11.0 Å². The van der Waals surface area contributed by atoms with Crippen LogP contribution in [-0.2, 0) is 33.7 Å². The van der Waals surface area contributed by atoms with Gasteiger partial charge in [-0.3, -0.25) is 4.79 Å². The van der Waals surface area contributed by atoms with Gasteiger partial charge in [-0.25, -0.2) is 9.18 Å². The Morgan fingerprint density at radius 2 is 1.90 bits per heavy atom. The topological polar surface area (TPSA) is 77.1 Å². The lowest BCUT2D eigenvalue weighted by atomic mass is 9.89. The van der Waals surface area contributed by atoms with Gasteiger partial charge in [0.15, 0.2) is 5.82 Å². The van der Waals surface area contributed by atoms with Crippen molar-refractivity contribution in [1.82, 2.24) is 4.90 Å². The number of fused-ring (bicyclic) bond motifs is 1. The highest BCUT2D eigenvalue weighted by Gasteiger charge is 2.35. The van der Waals surface area contributed by atoms with Crippen LogP contribution in [0.25, 0.3) is 0 Å². The van der Waals surface area contributed by atoms with Crippen LogP contribution in [0.2, 0.25) is 0 Å². The maximum atomic E-state index is 16.1. The molecule has 1 atom stereocenters. The molecule has 1 heterocycles. The molecular weight excluding hydrogens is 499 g/mol. The van der Waals surface area contributed by atoms with Crippen LogP contribution in [0.1, 0.15) is 70.6 Å². The number of carbonyl (C=O) groups excluding carboxylic acids is 2. The second kappa shape index (κ2) is 13.7. The summed E-state index contributed by atoms with van der Waals surface area (Å²) in [6, 6.07) is 11.5. The van der Waals surface area contributed by atoms with Crippen LogP contribution in [-0.4, -0.2) is 48.9 Å². The number of anilines is 1. The zero-order valence-corrected chi connectivity index (χ0v) is 24.1. The summed E-state index contributed by atoms with van der Waals surface area (Å²) in [7, 11) is 1.29. The Balaban J connectivity index is 1.92. The Morgan fingerprint density at radius 3 is 2.54 bits per heavy atom. The molecule has 0 aromatic heterocycles. The quantitative estimate of drug-likeness (QED) is 0.326. The number of nitrogens with one attached hydrogen (secondary N) is 1. The van der Waals surface area contributed by atoms with Crippen molar-refractivity contribution in [3.8, 4) is 5.75 Å². The normalized spacial score (nSPS) is 15.1. The third-order valence-corrected chi connectivity index (χ3v) is 6.72. The van der Waals surface area contributed by atoms with Crippen molar-refractivity contribution in [3.05, 3.63) is 58.9 Å². The van der Waals surface area contributed by atoms with E-state index >= 15 is 4.39 Å². The number of amides is 1. The molecule has 1 aliphatic heterocycles. The van der Waals surface area contributed by atoms with Crippen molar-refractivity contribution >= 4 is 17.7 Å². The molecular formula is C31H43FN2O5. The molecule has 0 saturated heterocycles. The molecule has 2 aromatic carbocycles. The lowest BCUT2D eigenvalue weighted by Gasteiger charge is -2.38. The highest BCUT2D eigenvalue weighted by Crippen LogP contribution is 2.38. The number of benzene rings is 2. The van der Waals surface area contributed by atoms with Gasteiger partial charge in [0, 0.05) is 19.0 Å². The van der Waals surface area contributed by atoms with Gasteiger partial charge in [0.2, 0.25) is 0 Å². The van der Waals surface area contributed by atoms with Gasteiger partial charge in [-0.2, -0.15) is 0 Å². The molecule has 1 N–H and O–H groups in total. The first-order valence-corrected chi connectivity index (χ1v) is 13.8. The fourth-order valence-electron chi connectivity index (χ4n) is 4.73. The van der Waals surface area contributed by atoms with Crippen LogP contribution in [0.3, 0.4) is 0 Å². The van der Waals surface area contributed by atoms with Crippen LogP contribution < -0.4 is 10.1 Å². The highest BCUT2D eigenvalue weighted by molar-refractivity contribution is 5.76. The van der Waals surface area contributed by atoms with E-state index in [4.69, 9.17) is 14.2 Å². The van der Waals surface area contributed by atoms with Crippen LogP contribution >= 0.6 is 0 Å². The fraction of sp³-hybridized carbons (Fsp3) is 0.548. The minimum absolute atomic E-state index is 0.138. The van der Waals surface area contributed by atoms with E-state index < -0.39 is 23.5 Å². The second-order valence-corrected chi connectivity index (χ2v) is 11.5. The summed E-state index contributed by atoms with van der Waals surface area (Å²) < 4.78 is 32.6. The highest BCUT2D eigenvalue weighted by atomic mass is 19.1. The van der Waals surface area contributed by atoms with E-state index in [0.717, 1.165) is 24.8 Å². The van der Waals surface area contributed by atoms with Crippen molar-refractivity contribution < 1.29 is 28.2 Å². The molecule has 214 valence electrons. The Bertz CT molecular complexity index is 1110. The zero-order valence-electron chi connectivity index (χ0n) is 24.1. The molecule has 1 amide bonds. The maximum absolute atomic E-state index is 16.1. The molecule has 0 aliphatic carbocycles. The van der Waals surface area contributed by atoms with Crippen molar-refractivity contribution in [1.29, 1.82) is 0 Å². The summed E-state index contributed by atoms with van der Waals surface area (Å²) in [5.74, 6) is -0.125. The van der Waals surface area contributed by atoms with Crippen LogP contribution in [0, 0.1) is 11.7 Å². The van der Waals surface area contributed by atoms with E-state index in [-0.39, 0.29) is 24.8 Å². The van der Waals surface area contributed by atoms with Crippen LogP contribution in [0.5, 0.6) is 5.75 Å². The monoisotopic (exact) mass is 542 g/mol. The van der Waals surface area contributed by atoms with Gasteiger partial charge in [0.05, 0.1) is 13.7 Å². The smallest absolute Gasteiger partial charge is 0.410 e. The number of esters is 1. The van der Waals surface area contributed by atoms with Crippen molar-refractivity contribution in [2.45, 2.75) is 84.9 Å². The molecule has 1 aliphatic rings. The number of hydrogen-bond donors (Lipinski definition) is 1. The number of rotatable bonds is 11. The first-order chi connectivity index (χ1) is 18.5. The number of hydrogen-bond acceptors (Lipinski definition) is 6. The molecule has 0 fully saturated rings. The second-order valence-electron chi connectivity index (χ2n) is 11.5. The van der Waals surface area contributed by atoms with E-state index in [1.807, 2.05) is 51.1 Å². The number of halogens is 1. The van der Waals surface area contributed by atoms with E-state index in [0.29, 0.717) is 42.2 Å². The third-order valence-electron chi connectivity index (χ3n) is 6.72. The van der Waals surface area contributed by atoms with Gasteiger partial charge < -0.3 is 24.4 Å². The Hall–Kier alpha value is -3.29. The third kappa shape index (κ3) is 8.87. The van der Waals surface area contributed by atoms with Gasteiger partial charge in [-0.1, -0.05) is 57.0 Å². The SMILES string of the molecule is COC(=O)CNc1c(OCCc2ccccc2)cc2c(c1F)C[C@H](CCCC(C)C)N(C(=O)OC(C)(C)C)C2. The summed E-state index contributed by atoms with van der Waals surface area (Å²) in [6.07, 6.45) is 3.29. The number of ether oxygens (including phenoxy) is 3. The van der Waals surface area contributed by atoms with Gasteiger partial charge in [0.25, 0.3) is 0 Å². The van der Waals surface area contributed by atoms with E-state index in [9.17, 15) is 9.59 Å². The predicted molar refractivity (Wildman–Crippen MR) is 151 cm³/mol. The van der Waals surface area contributed by atoms with Crippen molar-refractivity contribution in [2.24, 2.45) is 5.92 Å².